The first-order valence-corrected chi connectivity index (χ1v) is 8.50. The van der Waals surface area contributed by atoms with Crippen LogP contribution in [0.5, 0.6) is 0 Å². The molecule has 0 saturated carbocycles. The molecule has 20 heavy (non-hydrogen) atoms. The average molecular weight is 313 g/mol. The van der Waals surface area contributed by atoms with Crippen molar-refractivity contribution in [2.75, 3.05) is 23.5 Å². The molecule has 5 heteroatoms. The van der Waals surface area contributed by atoms with Crippen molar-refractivity contribution in [2.24, 2.45) is 5.73 Å². The number of thioether (sulfide) groups is 1. The van der Waals surface area contributed by atoms with Crippen LogP contribution in [0.25, 0.3) is 0 Å². The summed E-state index contributed by atoms with van der Waals surface area (Å²) in [5, 5.41) is 0.723. The minimum absolute atomic E-state index is 0.00635. The zero-order valence-corrected chi connectivity index (χ0v) is 13.7. The Morgan fingerprint density at radius 1 is 1.55 bits per heavy atom. The lowest BCUT2D eigenvalue weighted by Gasteiger charge is -2.23. The van der Waals surface area contributed by atoms with Gasteiger partial charge in [0.1, 0.15) is 0 Å². The number of carbonyl (C=O) groups excluding carboxylic acids is 1. The molecule has 3 nitrogen and oxygen atoms in total. The lowest BCUT2D eigenvalue weighted by atomic mass is 9.87. The van der Waals surface area contributed by atoms with Gasteiger partial charge in [-0.3, -0.25) is 4.79 Å². The number of halogens is 1. The Balaban J connectivity index is 2.29. The van der Waals surface area contributed by atoms with Gasteiger partial charge >= 0.3 is 0 Å². The van der Waals surface area contributed by atoms with Gasteiger partial charge in [0.15, 0.2) is 0 Å². The Hall–Kier alpha value is -0.710. The van der Waals surface area contributed by atoms with E-state index in [9.17, 15) is 4.79 Å². The van der Waals surface area contributed by atoms with E-state index in [0.717, 1.165) is 22.0 Å². The van der Waals surface area contributed by atoms with E-state index in [1.165, 1.54) is 0 Å². The van der Waals surface area contributed by atoms with Gasteiger partial charge in [0, 0.05) is 28.2 Å². The number of benzene rings is 1. The van der Waals surface area contributed by atoms with Crippen LogP contribution in [0.15, 0.2) is 18.2 Å². The molecule has 0 saturated heterocycles. The summed E-state index contributed by atoms with van der Waals surface area (Å²) in [6.07, 6.45) is 2.72. The highest BCUT2D eigenvalue weighted by atomic mass is 35.5. The number of amides is 1. The van der Waals surface area contributed by atoms with Gasteiger partial charge < -0.3 is 10.6 Å². The normalized spacial score (nSPS) is 17.9. The third-order valence-corrected chi connectivity index (χ3v) is 4.69. The summed E-state index contributed by atoms with van der Waals surface area (Å²) < 4.78 is 0. The maximum Gasteiger partial charge on any atom is 0.243 e. The Bertz CT molecular complexity index is 519. The van der Waals surface area contributed by atoms with Crippen LogP contribution in [0.4, 0.5) is 5.69 Å². The van der Waals surface area contributed by atoms with Crippen LogP contribution < -0.4 is 10.6 Å². The minimum atomic E-state index is -0.441. The minimum Gasteiger partial charge on any atom is -0.320 e. The molecule has 1 atom stereocenters. The third-order valence-electron chi connectivity index (χ3n) is 3.73. The van der Waals surface area contributed by atoms with Crippen LogP contribution in [0, 0.1) is 0 Å². The summed E-state index contributed by atoms with van der Waals surface area (Å²) in [6.45, 7) is 4.86. The second-order valence-electron chi connectivity index (χ2n) is 5.83. The summed E-state index contributed by atoms with van der Waals surface area (Å²) in [5.41, 5.74) is 7.85. The number of fused-ring (bicyclic) bond motifs is 1. The van der Waals surface area contributed by atoms with Crippen LogP contribution in [-0.4, -0.2) is 30.5 Å². The molecule has 0 radical (unpaired) electrons. The van der Waals surface area contributed by atoms with E-state index in [-0.39, 0.29) is 11.3 Å². The van der Waals surface area contributed by atoms with Gasteiger partial charge in [-0.15, -0.1) is 0 Å². The largest absolute Gasteiger partial charge is 0.320 e. The molecule has 0 unspecified atom stereocenters. The van der Waals surface area contributed by atoms with Gasteiger partial charge in [-0.25, -0.2) is 0 Å². The fourth-order valence-corrected chi connectivity index (χ4v) is 3.65. The number of anilines is 1. The van der Waals surface area contributed by atoms with Crippen LogP contribution in [0.3, 0.4) is 0 Å². The van der Waals surface area contributed by atoms with E-state index in [4.69, 9.17) is 17.3 Å². The highest BCUT2D eigenvalue weighted by Crippen LogP contribution is 2.44. The first-order valence-electron chi connectivity index (χ1n) is 6.73. The van der Waals surface area contributed by atoms with Crippen LogP contribution in [0.1, 0.15) is 25.8 Å². The van der Waals surface area contributed by atoms with Crippen molar-refractivity contribution >= 4 is 35.0 Å². The molecule has 2 N–H and O–H groups in total. The molecular formula is C15H21ClN2OS. The summed E-state index contributed by atoms with van der Waals surface area (Å²) >= 11 is 8.02. The Morgan fingerprint density at radius 3 is 2.90 bits per heavy atom. The molecule has 1 heterocycles. The molecule has 1 aliphatic heterocycles. The van der Waals surface area contributed by atoms with Crippen molar-refractivity contribution in [1.29, 1.82) is 0 Å². The molecule has 1 amide bonds. The predicted molar refractivity (Wildman–Crippen MR) is 87.8 cm³/mol. The van der Waals surface area contributed by atoms with E-state index in [1.54, 1.807) is 16.7 Å². The quantitative estimate of drug-likeness (QED) is 0.929. The van der Waals surface area contributed by atoms with Gasteiger partial charge in [0.05, 0.1) is 6.04 Å². The molecule has 1 aromatic carbocycles. The molecule has 0 aliphatic carbocycles. The number of nitrogens with zero attached hydrogens (tertiary/aromatic N) is 1. The molecule has 1 aromatic rings. The smallest absolute Gasteiger partial charge is 0.243 e. The van der Waals surface area contributed by atoms with Crippen molar-refractivity contribution in [3.63, 3.8) is 0 Å². The highest BCUT2D eigenvalue weighted by molar-refractivity contribution is 7.98. The molecule has 110 valence electrons. The van der Waals surface area contributed by atoms with Gasteiger partial charge in [-0.2, -0.15) is 11.8 Å². The van der Waals surface area contributed by atoms with Gasteiger partial charge in [-0.05, 0) is 30.6 Å². The first-order chi connectivity index (χ1) is 9.38. The topological polar surface area (TPSA) is 46.3 Å². The maximum atomic E-state index is 12.6. The molecular weight excluding hydrogens is 292 g/mol. The number of rotatable bonds is 4. The Morgan fingerprint density at radius 2 is 2.25 bits per heavy atom. The molecule has 0 fully saturated rings. The molecule has 0 aromatic heterocycles. The van der Waals surface area contributed by atoms with E-state index < -0.39 is 6.04 Å². The molecule has 0 spiro atoms. The van der Waals surface area contributed by atoms with E-state index >= 15 is 0 Å². The SMILES string of the molecule is CSCC[C@H](N)C(=O)N1CC(C)(C)c2c(Cl)cccc21. The fraction of sp³-hybridized carbons (Fsp3) is 0.533. The maximum absolute atomic E-state index is 12.6. The second-order valence-corrected chi connectivity index (χ2v) is 7.22. The molecule has 0 bridgehead atoms. The number of carbonyl (C=O) groups is 1. The summed E-state index contributed by atoms with van der Waals surface area (Å²) in [7, 11) is 0. The van der Waals surface area contributed by atoms with Gasteiger partial charge in [0.2, 0.25) is 5.91 Å². The standard InChI is InChI=1S/C15H21ClN2OS/c1-15(2)9-18(14(19)11(17)7-8-20-3)12-6-4-5-10(16)13(12)15/h4-6,11H,7-9,17H2,1-3H3/t11-/m0/s1. The zero-order chi connectivity index (χ0) is 14.9. The summed E-state index contributed by atoms with van der Waals surface area (Å²) in [4.78, 5) is 14.4. The Labute approximate surface area is 129 Å². The predicted octanol–water partition coefficient (Wildman–Crippen LogP) is 3.04. The lowest BCUT2D eigenvalue weighted by molar-refractivity contribution is -0.119. The van der Waals surface area contributed by atoms with Crippen LogP contribution >= 0.6 is 23.4 Å². The van der Waals surface area contributed by atoms with Crippen LogP contribution in [-0.2, 0) is 10.2 Å². The van der Waals surface area contributed by atoms with E-state index in [2.05, 4.69) is 13.8 Å². The average Bonchev–Trinajstić information content (AvgIpc) is 2.68. The molecule has 1 aliphatic rings. The van der Waals surface area contributed by atoms with E-state index in [0.29, 0.717) is 13.0 Å². The number of hydrogen-bond donors (Lipinski definition) is 1. The summed E-state index contributed by atoms with van der Waals surface area (Å²) in [5.74, 6) is 0.889. The molecule has 2 rings (SSSR count). The van der Waals surface area contributed by atoms with E-state index in [1.807, 2.05) is 24.5 Å². The number of hydrogen-bond acceptors (Lipinski definition) is 3. The first kappa shape index (κ1) is 15.7. The summed E-state index contributed by atoms with van der Waals surface area (Å²) in [6, 6.07) is 5.28. The van der Waals surface area contributed by atoms with Crippen molar-refractivity contribution in [3.8, 4) is 0 Å². The Kier molecular flexibility index (Phi) is 4.67. The van der Waals surface area contributed by atoms with Gasteiger partial charge in [-0.1, -0.05) is 31.5 Å². The fourth-order valence-electron chi connectivity index (χ4n) is 2.73. The second kappa shape index (κ2) is 5.96. The lowest BCUT2D eigenvalue weighted by Crippen LogP contribution is -2.45. The third kappa shape index (κ3) is 2.83. The highest BCUT2D eigenvalue weighted by Gasteiger charge is 2.40. The van der Waals surface area contributed by atoms with Crippen molar-refractivity contribution in [3.05, 3.63) is 28.8 Å². The van der Waals surface area contributed by atoms with Crippen molar-refractivity contribution in [1.82, 2.24) is 0 Å². The van der Waals surface area contributed by atoms with Crippen LogP contribution in [0.2, 0.25) is 5.02 Å². The monoisotopic (exact) mass is 312 g/mol. The van der Waals surface area contributed by atoms with Gasteiger partial charge in [0.25, 0.3) is 0 Å². The van der Waals surface area contributed by atoms with Crippen molar-refractivity contribution in [2.45, 2.75) is 31.7 Å². The zero-order valence-electron chi connectivity index (χ0n) is 12.1. The number of nitrogens with two attached hydrogens (primary N) is 1. The van der Waals surface area contributed by atoms with Crippen molar-refractivity contribution < 1.29 is 4.79 Å².